The van der Waals surface area contributed by atoms with Crippen LogP contribution in [0.1, 0.15) is 54.9 Å². The zero-order valence-corrected chi connectivity index (χ0v) is 15.5. The lowest BCUT2D eigenvalue weighted by Crippen LogP contribution is -2.45. The highest BCUT2D eigenvalue weighted by atomic mass is 28.4. The molecule has 0 aromatic carbocycles. The Morgan fingerprint density at radius 1 is 1.21 bits per heavy atom. The van der Waals surface area contributed by atoms with Gasteiger partial charge >= 0.3 is 0 Å². The average Bonchev–Trinajstić information content (AvgIpc) is 2.23. The van der Waals surface area contributed by atoms with Crippen molar-refractivity contribution in [3.05, 3.63) is 23.8 Å². The van der Waals surface area contributed by atoms with Crippen LogP contribution in [-0.2, 0) is 4.43 Å². The van der Waals surface area contributed by atoms with Crippen LogP contribution in [0.15, 0.2) is 23.8 Å². The van der Waals surface area contributed by atoms with Gasteiger partial charge in [-0.3, -0.25) is 0 Å². The Morgan fingerprint density at radius 2 is 1.74 bits per heavy atom. The smallest absolute Gasteiger partial charge is 0.192 e. The number of hydrogen-bond donors (Lipinski definition) is 0. The molecule has 0 saturated carbocycles. The van der Waals surface area contributed by atoms with Gasteiger partial charge in [0.2, 0.25) is 0 Å². The standard InChI is InChI=1S/C17H34OSi/c1-10-16(15(4)13-11-12-14(2)3)18-19(8,9)17(5,6)7/h11-13,15-16H,10H2,1-9H3/b13-11-/t15-,16+/m0/s1. The molecule has 2 heteroatoms. The van der Waals surface area contributed by atoms with Gasteiger partial charge in [0, 0.05) is 0 Å². The van der Waals surface area contributed by atoms with Crippen LogP contribution >= 0.6 is 0 Å². The lowest BCUT2D eigenvalue weighted by atomic mass is 10.0. The molecule has 112 valence electrons. The molecule has 0 radical (unpaired) electrons. The zero-order chi connectivity index (χ0) is 15.3. The van der Waals surface area contributed by atoms with Gasteiger partial charge in [-0.25, -0.2) is 0 Å². The number of hydrogen-bond acceptors (Lipinski definition) is 1. The van der Waals surface area contributed by atoms with Gasteiger partial charge < -0.3 is 4.43 Å². The predicted molar refractivity (Wildman–Crippen MR) is 90.1 cm³/mol. The number of allylic oxidation sites excluding steroid dienone is 3. The van der Waals surface area contributed by atoms with E-state index in [1.165, 1.54) is 5.57 Å². The predicted octanol–water partition coefficient (Wildman–Crippen LogP) is 5.95. The third-order valence-electron chi connectivity index (χ3n) is 4.09. The minimum Gasteiger partial charge on any atom is -0.413 e. The largest absolute Gasteiger partial charge is 0.413 e. The van der Waals surface area contributed by atoms with E-state index in [1.54, 1.807) is 0 Å². The highest BCUT2D eigenvalue weighted by Gasteiger charge is 2.39. The summed E-state index contributed by atoms with van der Waals surface area (Å²) in [7, 11) is -1.66. The molecule has 0 fully saturated rings. The Balaban J connectivity index is 4.76. The Labute approximate surface area is 122 Å². The van der Waals surface area contributed by atoms with E-state index in [9.17, 15) is 0 Å². The molecule has 0 rings (SSSR count). The van der Waals surface area contributed by atoms with Crippen LogP contribution in [0.4, 0.5) is 0 Å². The fraction of sp³-hybridized carbons (Fsp3) is 0.765. The second-order valence-corrected chi connectivity index (χ2v) is 12.1. The molecule has 0 heterocycles. The topological polar surface area (TPSA) is 9.23 Å². The highest BCUT2D eigenvalue weighted by molar-refractivity contribution is 6.74. The fourth-order valence-corrected chi connectivity index (χ4v) is 3.16. The molecule has 0 bridgehead atoms. The Morgan fingerprint density at radius 3 is 2.11 bits per heavy atom. The first-order valence-electron chi connectivity index (χ1n) is 7.50. The minimum absolute atomic E-state index is 0.282. The van der Waals surface area contributed by atoms with Gasteiger partial charge in [0.25, 0.3) is 0 Å². The van der Waals surface area contributed by atoms with Gasteiger partial charge in [-0.05, 0) is 44.3 Å². The quantitative estimate of drug-likeness (QED) is 0.432. The molecule has 0 amide bonds. The van der Waals surface area contributed by atoms with Crippen LogP contribution in [0.2, 0.25) is 18.1 Å². The summed E-state index contributed by atoms with van der Waals surface area (Å²) in [6, 6.07) is 0. The molecular formula is C17H34OSi. The van der Waals surface area contributed by atoms with Crippen LogP contribution in [0.3, 0.4) is 0 Å². The van der Waals surface area contributed by atoms with E-state index in [0.717, 1.165) is 6.42 Å². The van der Waals surface area contributed by atoms with E-state index < -0.39 is 8.32 Å². The van der Waals surface area contributed by atoms with Crippen molar-refractivity contribution in [1.82, 2.24) is 0 Å². The molecular weight excluding hydrogens is 248 g/mol. The van der Waals surface area contributed by atoms with Crippen molar-refractivity contribution in [3.63, 3.8) is 0 Å². The second-order valence-electron chi connectivity index (χ2n) is 7.31. The lowest BCUT2D eigenvalue weighted by Gasteiger charge is -2.40. The first kappa shape index (κ1) is 18.7. The van der Waals surface area contributed by atoms with Crippen LogP contribution in [-0.4, -0.2) is 14.4 Å². The molecule has 0 aromatic heterocycles. The van der Waals surface area contributed by atoms with E-state index in [4.69, 9.17) is 4.43 Å². The highest BCUT2D eigenvalue weighted by Crippen LogP contribution is 2.38. The molecule has 2 atom stereocenters. The molecule has 0 N–H and O–H groups in total. The van der Waals surface area contributed by atoms with E-state index in [-0.39, 0.29) is 5.04 Å². The average molecular weight is 283 g/mol. The van der Waals surface area contributed by atoms with E-state index in [1.807, 2.05) is 0 Å². The summed E-state index contributed by atoms with van der Waals surface area (Å²) in [5.41, 5.74) is 1.34. The van der Waals surface area contributed by atoms with Crippen molar-refractivity contribution in [3.8, 4) is 0 Å². The summed E-state index contributed by atoms with van der Waals surface area (Å²) in [6.45, 7) is 20.3. The molecule has 0 spiro atoms. The van der Waals surface area contributed by atoms with Crippen LogP contribution in [0.5, 0.6) is 0 Å². The maximum Gasteiger partial charge on any atom is 0.192 e. The first-order chi connectivity index (χ1) is 8.51. The van der Waals surface area contributed by atoms with Crippen LogP contribution in [0.25, 0.3) is 0 Å². The fourth-order valence-electron chi connectivity index (χ4n) is 1.66. The molecule has 0 aromatic rings. The van der Waals surface area contributed by atoms with Crippen LogP contribution < -0.4 is 0 Å². The van der Waals surface area contributed by atoms with Gasteiger partial charge in [0.05, 0.1) is 6.10 Å². The first-order valence-corrected chi connectivity index (χ1v) is 10.4. The Kier molecular flexibility index (Phi) is 7.31. The van der Waals surface area contributed by atoms with Crippen molar-refractivity contribution in [2.45, 2.75) is 79.1 Å². The summed E-state index contributed by atoms with van der Waals surface area (Å²) >= 11 is 0. The zero-order valence-electron chi connectivity index (χ0n) is 14.5. The normalized spacial score (nSPS) is 16.5. The summed E-state index contributed by atoms with van der Waals surface area (Å²) in [5.74, 6) is 0.467. The third kappa shape index (κ3) is 6.58. The van der Waals surface area contributed by atoms with E-state index >= 15 is 0 Å². The minimum atomic E-state index is -1.66. The van der Waals surface area contributed by atoms with Gasteiger partial charge in [-0.1, -0.05) is 58.4 Å². The molecule has 1 nitrogen and oxygen atoms in total. The molecule has 0 aliphatic carbocycles. The second kappa shape index (κ2) is 7.44. The Hall–Kier alpha value is -0.343. The maximum atomic E-state index is 6.54. The third-order valence-corrected chi connectivity index (χ3v) is 8.59. The summed E-state index contributed by atoms with van der Waals surface area (Å²) in [6.07, 6.45) is 8.01. The SMILES string of the molecule is CC[C@@H](O[Si](C)(C)C(C)(C)C)[C@@H](C)/C=C\C=C(C)C. The molecule has 19 heavy (non-hydrogen) atoms. The Bertz CT molecular complexity index is 317. The van der Waals surface area contributed by atoms with Crippen molar-refractivity contribution in [2.75, 3.05) is 0 Å². The summed E-state index contributed by atoms with van der Waals surface area (Å²) < 4.78 is 6.54. The molecule has 0 aliphatic rings. The van der Waals surface area contributed by atoms with E-state index in [0.29, 0.717) is 12.0 Å². The van der Waals surface area contributed by atoms with E-state index in [2.05, 4.69) is 79.8 Å². The van der Waals surface area contributed by atoms with Crippen molar-refractivity contribution < 1.29 is 4.43 Å². The van der Waals surface area contributed by atoms with Gasteiger partial charge in [-0.2, -0.15) is 0 Å². The van der Waals surface area contributed by atoms with Crippen molar-refractivity contribution in [1.29, 1.82) is 0 Å². The maximum absolute atomic E-state index is 6.54. The summed E-state index contributed by atoms with van der Waals surface area (Å²) in [4.78, 5) is 0. The lowest BCUT2D eigenvalue weighted by molar-refractivity contribution is 0.141. The van der Waals surface area contributed by atoms with Gasteiger partial charge in [-0.15, -0.1) is 0 Å². The van der Waals surface area contributed by atoms with Crippen LogP contribution in [0, 0.1) is 5.92 Å². The van der Waals surface area contributed by atoms with Gasteiger partial charge in [0.15, 0.2) is 8.32 Å². The molecule has 0 aliphatic heterocycles. The molecule has 0 unspecified atom stereocenters. The van der Waals surface area contributed by atoms with Crippen molar-refractivity contribution in [2.24, 2.45) is 5.92 Å². The monoisotopic (exact) mass is 282 g/mol. The number of rotatable bonds is 6. The molecule has 0 saturated heterocycles. The van der Waals surface area contributed by atoms with Gasteiger partial charge in [0.1, 0.15) is 0 Å². The van der Waals surface area contributed by atoms with Crippen molar-refractivity contribution >= 4 is 8.32 Å². The summed E-state index contributed by atoms with van der Waals surface area (Å²) in [5, 5.41) is 0.282.